The van der Waals surface area contributed by atoms with Crippen LogP contribution in [-0.4, -0.2) is 23.5 Å². The second-order valence-electron chi connectivity index (χ2n) is 5.80. The highest BCUT2D eigenvalue weighted by molar-refractivity contribution is 5.93. The second-order valence-corrected chi connectivity index (χ2v) is 5.80. The Bertz CT molecular complexity index is 881. The third-order valence-electron chi connectivity index (χ3n) is 4.02. The van der Waals surface area contributed by atoms with Crippen molar-refractivity contribution in [1.82, 2.24) is 4.98 Å². The van der Waals surface area contributed by atoms with Crippen LogP contribution in [0.4, 0.5) is 5.69 Å². The van der Waals surface area contributed by atoms with Crippen molar-refractivity contribution in [3.05, 3.63) is 65.9 Å². The van der Waals surface area contributed by atoms with Gasteiger partial charge < -0.3 is 15.0 Å². The van der Waals surface area contributed by atoms with E-state index in [1.807, 2.05) is 48.5 Å². The molecule has 0 radical (unpaired) electrons. The molecule has 1 aromatic heterocycles. The lowest BCUT2D eigenvalue weighted by Crippen LogP contribution is -2.21. The van der Waals surface area contributed by atoms with Gasteiger partial charge in [-0.2, -0.15) is 0 Å². The number of carbonyl (C=O) groups excluding carboxylic acids is 2. The average Bonchev–Trinajstić information content (AvgIpc) is 3.04. The van der Waals surface area contributed by atoms with Gasteiger partial charge in [-0.25, -0.2) is 0 Å². The van der Waals surface area contributed by atoms with Crippen LogP contribution in [0.15, 0.2) is 54.7 Å². The number of aromatic amines is 1. The fourth-order valence-corrected chi connectivity index (χ4v) is 2.65. The van der Waals surface area contributed by atoms with Crippen molar-refractivity contribution in [3.63, 3.8) is 0 Å². The number of aryl methyl sites for hydroxylation is 1. The van der Waals surface area contributed by atoms with Crippen molar-refractivity contribution in [2.75, 3.05) is 11.9 Å². The molecule has 3 rings (SSSR count). The van der Waals surface area contributed by atoms with Crippen LogP contribution in [-0.2, 0) is 27.2 Å². The van der Waals surface area contributed by atoms with E-state index < -0.39 is 5.97 Å². The average molecular weight is 336 g/mol. The maximum atomic E-state index is 12.0. The highest BCUT2D eigenvalue weighted by Crippen LogP contribution is 2.18. The van der Waals surface area contributed by atoms with Gasteiger partial charge in [-0.15, -0.1) is 0 Å². The largest absolute Gasteiger partial charge is 0.455 e. The van der Waals surface area contributed by atoms with Crippen molar-refractivity contribution in [3.8, 4) is 0 Å². The summed E-state index contributed by atoms with van der Waals surface area (Å²) >= 11 is 0. The number of ether oxygens (including phenoxy) is 1. The zero-order chi connectivity index (χ0) is 17.6. The Kier molecular flexibility index (Phi) is 5.14. The Morgan fingerprint density at radius 2 is 1.84 bits per heavy atom. The van der Waals surface area contributed by atoms with Crippen molar-refractivity contribution >= 4 is 28.5 Å². The van der Waals surface area contributed by atoms with Crippen molar-refractivity contribution in [2.45, 2.75) is 19.8 Å². The summed E-state index contributed by atoms with van der Waals surface area (Å²) in [4.78, 5) is 27.0. The predicted octanol–water partition coefficient (Wildman–Crippen LogP) is 3.45. The number of esters is 1. The first-order valence-electron chi connectivity index (χ1n) is 8.25. The van der Waals surface area contributed by atoms with Gasteiger partial charge >= 0.3 is 5.97 Å². The molecule has 2 aromatic carbocycles. The molecule has 0 unspecified atom stereocenters. The SMILES string of the molecule is CCc1ccc(NC(=O)COC(=O)Cc2c[nH]c3ccccc23)cc1. The Morgan fingerprint density at radius 3 is 2.60 bits per heavy atom. The van der Waals surface area contributed by atoms with Crippen LogP contribution in [0.1, 0.15) is 18.1 Å². The van der Waals surface area contributed by atoms with Crippen molar-refractivity contribution in [1.29, 1.82) is 0 Å². The molecule has 0 spiro atoms. The number of aromatic nitrogens is 1. The Hall–Kier alpha value is -3.08. The zero-order valence-corrected chi connectivity index (χ0v) is 14.0. The normalized spacial score (nSPS) is 10.6. The summed E-state index contributed by atoms with van der Waals surface area (Å²) < 4.78 is 5.08. The number of hydrogen-bond donors (Lipinski definition) is 2. The molecular weight excluding hydrogens is 316 g/mol. The Balaban J connectivity index is 1.50. The van der Waals surface area contributed by atoms with Gasteiger partial charge in [0, 0.05) is 22.8 Å². The maximum absolute atomic E-state index is 12.0. The van der Waals surface area contributed by atoms with Gasteiger partial charge in [-0.3, -0.25) is 9.59 Å². The first-order valence-corrected chi connectivity index (χ1v) is 8.25. The predicted molar refractivity (Wildman–Crippen MR) is 97.4 cm³/mol. The molecule has 2 N–H and O–H groups in total. The number of carbonyl (C=O) groups is 2. The molecule has 0 bridgehead atoms. The van der Waals surface area contributed by atoms with Crippen LogP contribution in [0, 0.1) is 0 Å². The second kappa shape index (κ2) is 7.66. The van der Waals surface area contributed by atoms with Crippen LogP contribution in [0.2, 0.25) is 0 Å². The molecule has 5 nitrogen and oxygen atoms in total. The third-order valence-corrected chi connectivity index (χ3v) is 4.02. The van der Waals surface area contributed by atoms with E-state index in [9.17, 15) is 9.59 Å². The molecule has 128 valence electrons. The number of anilines is 1. The lowest BCUT2D eigenvalue weighted by Gasteiger charge is -2.07. The molecule has 0 saturated carbocycles. The molecular formula is C20H20N2O3. The fraction of sp³-hybridized carbons (Fsp3) is 0.200. The maximum Gasteiger partial charge on any atom is 0.310 e. The van der Waals surface area contributed by atoms with Gasteiger partial charge in [0.2, 0.25) is 0 Å². The van der Waals surface area contributed by atoms with E-state index in [0.29, 0.717) is 5.69 Å². The van der Waals surface area contributed by atoms with Crippen molar-refractivity contribution < 1.29 is 14.3 Å². The monoisotopic (exact) mass is 336 g/mol. The summed E-state index contributed by atoms with van der Waals surface area (Å²) in [5, 5.41) is 3.70. The van der Waals surface area contributed by atoms with Crippen molar-refractivity contribution in [2.24, 2.45) is 0 Å². The van der Waals surface area contributed by atoms with Crippen LogP contribution >= 0.6 is 0 Å². The molecule has 0 aliphatic heterocycles. The van der Waals surface area contributed by atoms with Crippen LogP contribution < -0.4 is 5.32 Å². The summed E-state index contributed by atoms with van der Waals surface area (Å²) in [6, 6.07) is 15.3. The van der Waals surface area contributed by atoms with Gasteiger partial charge in [-0.1, -0.05) is 37.3 Å². The van der Waals surface area contributed by atoms with Crippen LogP contribution in [0.5, 0.6) is 0 Å². The minimum atomic E-state index is -0.429. The van der Waals surface area contributed by atoms with E-state index >= 15 is 0 Å². The Labute approximate surface area is 146 Å². The number of benzene rings is 2. The van der Waals surface area contributed by atoms with E-state index in [-0.39, 0.29) is 18.9 Å². The van der Waals surface area contributed by atoms with Gasteiger partial charge in [-0.05, 0) is 35.7 Å². The molecule has 25 heavy (non-hydrogen) atoms. The molecule has 0 saturated heterocycles. The minimum absolute atomic E-state index is 0.127. The first-order chi connectivity index (χ1) is 12.2. The molecule has 0 aliphatic carbocycles. The quantitative estimate of drug-likeness (QED) is 0.677. The molecule has 0 fully saturated rings. The van der Waals surface area contributed by atoms with E-state index in [4.69, 9.17) is 4.74 Å². The number of nitrogens with one attached hydrogen (secondary N) is 2. The van der Waals surface area contributed by atoms with E-state index in [2.05, 4.69) is 17.2 Å². The number of fused-ring (bicyclic) bond motifs is 1. The molecule has 5 heteroatoms. The van der Waals surface area contributed by atoms with Gasteiger partial charge in [0.05, 0.1) is 6.42 Å². The minimum Gasteiger partial charge on any atom is -0.455 e. The lowest BCUT2D eigenvalue weighted by molar-refractivity contribution is -0.146. The van der Waals surface area contributed by atoms with Crippen LogP contribution in [0.3, 0.4) is 0 Å². The standard InChI is InChI=1S/C20H20N2O3/c1-2-14-7-9-16(10-8-14)22-19(23)13-25-20(24)11-15-12-21-18-6-4-3-5-17(15)18/h3-10,12,21H,2,11,13H2,1H3,(H,22,23). The summed E-state index contributed by atoms with van der Waals surface area (Å²) in [6.45, 7) is 1.78. The van der Waals surface area contributed by atoms with E-state index in [0.717, 1.165) is 22.9 Å². The number of hydrogen-bond acceptors (Lipinski definition) is 3. The number of H-pyrrole nitrogens is 1. The lowest BCUT2D eigenvalue weighted by atomic mass is 10.1. The molecule has 1 heterocycles. The fourth-order valence-electron chi connectivity index (χ4n) is 2.65. The van der Waals surface area contributed by atoms with E-state index in [1.54, 1.807) is 6.20 Å². The highest BCUT2D eigenvalue weighted by atomic mass is 16.5. The topological polar surface area (TPSA) is 71.2 Å². The third kappa shape index (κ3) is 4.26. The number of para-hydroxylation sites is 1. The Morgan fingerprint density at radius 1 is 1.08 bits per heavy atom. The van der Waals surface area contributed by atoms with Gasteiger partial charge in [0.25, 0.3) is 5.91 Å². The highest BCUT2D eigenvalue weighted by Gasteiger charge is 2.11. The smallest absolute Gasteiger partial charge is 0.310 e. The molecule has 3 aromatic rings. The first kappa shape index (κ1) is 16.8. The summed E-state index contributed by atoms with van der Waals surface area (Å²) in [7, 11) is 0. The summed E-state index contributed by atoms with van der Waals surface area (Å²) in [6.07, 6.45) is 2.86. The number of rotatable bonds is 6. The molecule has 1 amide bonds. The number of amides is 1. The summed E-state index contributed by atoms with van der Waals surface area (Å²) in [5.74, 6) is -0.780. The van der Waals surface area contributed by atoms with Gasteiger partial charge in [0.1, 0.15) is 0 Å². The summed E-state index contributed by atoms with van der Waals surface area (Å²) in [5.41, 5.74) is 3.72. The molecule has 0 aliphatic rings. The van der Waals surface area contributed by atoms with Gasteiger partial charge in [0.15, 0.2) is 6.61 Å². The molecule has 0 atom stereocenters. The van der Waals surface area contributed by atoms with E-state index in [1.165, 1.54) is 5.56 Å². The van der Waals surface area contributed by atoms with Crippen LogP contribution in [0.25, 0.3) is 10.9 Å². The zero-order valence-electron chi connectivity index (χ0n) is 14.0.